The van der Waals surface area contributed by atoms with Crippen molar-refractivity contribution in [1.82, 2.24) is 25.1 Å². The summed E-state index contributed by atoms with van der Waals surface area (Å²) in [4.78, 5) is 30.9. The van der Waals surface area contributed by atoms with Crippen LogP contribution in [-0.4, -0.2) is 25.7 Å². The zero-order valence-electron chi connectivity index (χ0n) is 16.6. The highest BCUT2D eigenvalue weighted by molar-refractivity contribution is 5.76. The minimum absolute atomic E-state index is 0.0960. The molecule has 1 atom stereocenters. The van der Waals surface area contributed by atoms with Gasteiger partial charge >= 0.3 is 0 Å². The van der Waals surface area contributed by atoms with Gasteiger partial charge in [0.2, 0.25) is 5.91 Å². The van der Waals surface area contributed by atoms with Gasteiger partial charge in [-0.1, -0.05) is 12.1 Å². The molecule has 1 aromatic carbocycles. The van der Waals surface area contributed by atoms with Gasteiger partial charge in [-0.25, -0.2) is 9.67 Å². The fraction of sp³-hybridized carbons (Fsp3) is 0.286. The van der Waals surface area contributed by atoms with Crippen molar-refractivity contribution >= 4 is 5.91 Å². The van der Waals surface area contributed by atoms with Crippen molar-refractivity contribution in [3.8, 4) is 11.8 Å². The van der Waals surface area contributed by atoms with Crippen molar-refractivity contribution in [1.29, 1.82) is 5.26 Å². The third kappa shape index (κ3) is 4.41. The second-order valence-electron chi connectivity index (χ2n) is 6.89. The van der Waals surface area contributed by atoms with E-state index in [1.807, 2.05) is 37.3 Å². The lowest BCUT2D eigenvalue weighted by atomic mass is 9.99. The Hall–Kier alpha value is -3.73. The molecule has 0 saturated heterocycles. The molecule has 0 fully saturated rings. The minimum atomic E-state index is -0.390. The van der Waals surface area contributed by atoms with E-state index in [1.54, 1.807) is 24.9 Å². The van der Waals surface area contributed by atoms with Crippen molar-refractivity contribution in [2.24, 2.45) is 0 Å². The van der Waals surface area contributed by atoms with E-state index in [4.69, 9.17) is 5.26 Å². The van der Waals surface area contributed by atoms with E-state index in [9.17, 15) is 9.59 Å². The molecule has 1 amide bonds. The number of aromatic amines is 1. The number of pyridine rings is 1. The second kappa shape index (κ2) is 8.52. The molecule has 0 saturated carbocycles. The summed E-state index contributed by atoms with van der Waals surface area (Å²) < 4.78 is 1.66. The molecule has 0 bridgehead atoms. The highest BCUT2D eigenvalue weighted by Crippen LogP contribution is 2.17. The molecule has 29 heavy (non-hydrogen) atoms. The van der Waals surface area contributed by atoms with Crippen LogP contribution in [-0.2, 0) is 11.2 Å². The van der Waals surface area contributed by atoms with E-state index in [-0.39, 0.29) is 23.9 Å². The molecule has 0 unspecified atom stereocenters. The first-order valence-electron chi connectivity index (χ1n) is 9.27. The van der Waals surface area contributed by atoms with E-state index in [2.05, 4.69) is 20.4 Å². The van der Waals surface area contributed by atoms with Crippen LogP contribution >= 0.6 is 0 Å². The Balaban J connectivity index is 1.63. The van der Waals surface area contributed by atoms with Crippen LogP contribution in [0, 0.1) is 25.2 Å². The molecule has 0 aliphatic carbocycles. The van der Waals surface area contributed by atoms with Crippen LogP contribution in [0.15, 0.2) is 41.7 Å². The van der Waals surface area contributed by atoms with Crippen LogP contribution in [0.2, 0.25) is 0 Å². The first kappa shape index (κ1) is 20.0. The molecule has 2 N–H and O–H groups in total. The van der Waals surface area contributed by atoms with Gasteiger partial charge in [0.15, 0.2) is 0 Å². The van der Waals surface area contributed by atoms with Gasteiger partial charge in [0.1, 0.15) is 24.3 Å². The summed E-state index contributed by atoms with van der Waals surface area (Å²) in [6.45, 7) is 5.45. The predicted octanol–water partition coefficient (Wildman–Crippen LogP) is 2.25. The number of nitrogens with one attached hydrogen (secondary N) is 2. The largest absolute Gasteiger partial charge is 0.350 e. The van der Waals surface area contributed by atoms with Gasteiger partial charge in [0.05, 0.1) is 11.7 Å². The number of carbonyl (C=O) groups is 1. The van der Waals surface area contributed by atoms with E-state index in [0.717, 1.165) is 16.8 Å². The number of H-pyrrole nitrogens is 1. The Morgan fingerprint density at radius 3 is 2.66 bits per heavy atom. The number of hydrogen-bond donors (Lipinski definition) is 2. The first-order valence-corrected chi connectivity index (χ1v) is 9.27. The van der Waals surface area contributed by atoms with Crippen molar-refractivity contribution in [2.45, 2.75) is 39.7 Å². The molecule has 0 radical (unpaired) electrons. The Kier molecular flexibility index (Phi) is 5.88. The van der Waals surface area contributed by atoms with Gasteiger partial charge in [-0.15, -0.1) is 0 Å². The lowest BCUT2D eigenvalue weighted by molar-refractivity contribution is -0.121. The molecule has 0 spiro atoms. The van der Waals surface area contributed by atoms with E-state index in [0.29, 0.717) is 17.7 Å². The summed E-state index contributed by atoms with van der Waals surface area (Å²) in [6, 6.07) is 9.50. The van der Waals surface area contributed by atoms with Crippen molar-refractivity contribution in [2.75, 3.05) is 0 Å². The summed E-state index contributed by atoms with van der Waals surface area (Å²) in [5.41, 5.74) is 3.74. The van der Waals surface area contributed by atoms with E-state index < -0.39 is 5.56 Å². The average molecular weight is 390 g/mol. The Bertz CT molecular complexity index is 1110. The third-order valence-electron chi connectivity index (χ3n) is 4.98. The van der Waals surface area contributed by atoms with E-state index >= 15 is 0 Å². The summed E-state index contributed by atoms with van der Waals surface area (Å²) >= 11 is 0. The molecular formula is C21H22N6O2. The predicted molar refractivity (Wildman–Crippen MR) is 107 cm³/mol. The normalized spacial score (nSPS) is 11.7. The fourth-order valence-corrected chi connectivity index (χ4v) is 3.31. The number of benzene rings is 1. The van der Waals surface area contributed by atoms with Gasteiger partial charge in [-0.2, -0.15) is 10.4 Å². The maximum Gasteiger partial charge on any atom is 0.266 e. The summed E-state index contributed by atoms with van der Waals surface area (Å²) in [6.07, 6.45) is 3.81. The lowest BCUT2D eigenvalue weighted by Crippen LogP contribution is -2.27. The van der Waals surface area contributed by atoms with Crippen molar-refractivity contribution in [3.63, 3.8) is 0 Å². The van der Waals surface area contributed by atoms with Gasteiger partial charge in [-0.3, -0.25) is 9.59 Å². The summed E-state index contributed by atoms with van der Waals surface area (Å²) in [5, 5.41) is 16.2. The van der Waals surface area contributed by atoms with E-state index in [1.165, 1.54) is 6.33 Å². The van der Waals surface area contributed by atoms with Crippen LogP contribution in [0.4, 0.5) is 0 Å². The monoisotopic (exact) mass is 390 g/mol. The maximum atomic E-state index is 12.4. The second-order valence-corrected chi connectivity index (χ2v) is 6.89. The number of nitrogens with zero attached hydrogens (tertiary/aromatic N) is 4. The Morgan fingerprint density at radius 1 is 1.31 bits per heavy atom. The molecule has 0 aliphatic heterocycles. The molecule has 0 aliphatic rings. The van der Waals surface area contributed by atoms with Gasteiger partial charge in [0, 0.05) is 12.1 Å². The van der Waals surface area contributed by atoms with Gasteiger partial charge < -0.3 is 10.3 Å². The smallest absolute Gasteiger partial charge is 0.266 e. The standard InChI is InChI=1S/C21H22N6O2/c1-13-18(15(3)26-21(29)19(13)10-22)8-9-20(28)25-14(2)16-4-6-17(7-5-16)27-12-23-11-24-27/h4-7,11-12,14H,8-9H2,1-3H3,(H,25,28)(H,26,29)/t14-/m1/s1. The van der Waals surface area contributed by atoms with Crippen LogP contribution < -0.4 is 10.9 Å². The van der Waals surface area contributed by atoms with Gasteiger partial charge in [-0.05, 0) is 56.0 Å². The van der Waals surface area contributed by atoms with Gasteiger partial charge in [0.25, 0.3) is 5.56 Å². The summed E-state index contributed by atoms with van der Waals surface area (Å²) in [5.74, 6) is -0.0960. The molecular weight excluding hydrogens is 368 g/mol. The van der Waals surface area contributed by atoms with Crippen LogP contribution in [0.25, 0.3) is 5.69 Å². The lowest BCUT2D eigenvalue weighted by Gasteiger charge is -2.16. The topological polar surface area (TPSA) is 116 Å². The minimum Gasteiger partial charge on any atom is -0.350 e. The molecule has 2 heterocycles. The van der Waals surface area contributed by atoms with Crippen LogP contribution in [0.1, 0.15) is 47.3 Å². The number of carbonyl (C=O) groups excluding carboxylic acids is 1. The molecule has 3 aromatic rings. The zero-order chi connectivity index (χ0) is 21.0. The highest BCUT2D eigenvalue weighted by atomic mass is 16.1. The summed E-state index contributed by atoms with van der Waals surface area (Å²) in [7, 11) is 0. The number of nitriles is 1. The third-order valence-corrected chi connectivity index (χ3v) is 4.98. The molecule has 3 rings (SSSR count). The molecule has 8 nitrogen and oxygen atoms in total. The number of aryl methyl sites for hydroxylation is 1. The zero-order valence-corrected chi connectivity index (χ0v) is 16.6. The number of hydrogen-bond acceptors (Lipinski definition) is 5. The molecule has 8 heteroatoms. The average Bonchev–Trinajstić information content (AvgIpc) is 3.22. The molecule has 2 aromatic heterocycles. The number of amides is 1. The van der Waals surface area contributed by atoms with Crippen LogP contribution in [0.3, 0.4) is 0 Å². The van der Waals surface area contributed by atoms with Crippen molar-refractivity contribution in [3.05, 3.63) is 75.2 Å². The number of rotatable bonds is 6. The fourth-order valence-electron chi connectivity index (χ4n) is 3.31. The molecule has 148 valence electrons. The quantitative estimate of drug-likeness (QED) is 0.670. The first-order chi connectivity index (χ1) is 13.9. The highest BCUT2D eigenvalue weighted by Gasteiger charge is 2.15. The SMILES string of the molecule is Cc1[nH]c(=O)c(C#N)c(C)c1CCC(=O)N[C@H](C)c1ccc(-n2cncn2)cc1. The van der Waals surface area contributed by atoms with Crippen molar-refractivity contribution < 1.29 is 4.79 Å². The maximum absolute atomic E-state index is 12.4. The number of aromatic nitrogens is 4. The Labute approximate surface area is 168 Å². The van der Waals surface area contributed by atoms with Crippen LogP contribution in [0.5, 0.6) is 0 Å². The Morgan fingerprint density at radius 2 is 2.03 bits per heavy atom.